The number of ether oxygens (including phenoxy) is 1. The minimum atomic E-state index is -0.920. The SMILES string of the molecule is C[S@@](=O)Cc1cccc(C(=O)NCc2ccc(N3CCOCC3)cc2)c1. The molecule has 0 bridgehead atoms. The van der Waals surface area contributed by atoms with Gasteiger partial charge in [0.15, 0.2) is 0 Å². The third kappa shape index (κ3) is 5.16. The van der Waals surface area contributed by atoms with Gasteiger partial charge in [0.05, 0.1) is 13.2 Å². The van der Waals surface area contributed by atoms with Crippen molar-refractivity contribution in [2.45, 2.75) is 12.3 Å². The first-order valence-corrected chi connectivity index (χ1v) is 10.4. The Morgan fingerprint density at radius 2 is 1.85 bits per heavy atom. The molecule has 2 aromatic rings. The Kier molecular flexibility index (Phi) is 6.41. The third-order valence-electron chi connectivity index (χ3n) is 4.32. The molecule has 1 aliphatic rings. The first kappa shape index (κ1) is 18.6. The number of carbonyl (C=O) groups excluding carboxylic acids is 1. The van der Waals surface area contributed by atoms with Crippen molar-refractivity contribution < 1.29 is 13.7 Å². The Hall–Kier alpha value is -2.18. The smallest absolute Gasteiger partial charge is 0.251 e. The summed E-state index contributed by atoms with van der Waals surface area (Å²) in [5.41, 5.74) is 3.75. The quantitative estimate of drug-likeness (QED) is 0.846. The lowest BCUT2D eigenvalue weighted by molar-refractivity contribution is 0.0950. The van der Waals surface area contributed by atoms with Crippen molar-refractivity contribution in [1.29, 1.82) is 0 Å². The van der Waals surface area contributed by atoms with Crippen molar-refractivity contribution in [3.05, 3.63) is 65.2 Å². The van der Waals surface area contributed by atoms with Crippen LogP contribution in [0, 0.1) is 0 Å². The van der Waals surface area contributed by atoms with Gasteiger partial charge in [0.25, 0.3) is 5.91 Å². The van der Waals surface area contributed by atoms with Crippen LogP contribution in [0.15, 0.2) is 48.5 Å². The van der Waals surface area contributed by atoms with Crippen molar-refractivity contribution in [2.75, 3.05) is 37.5 Å². The lowest BCUT2D eigenvalue weighted by Crippen LogP contribution is -2.36. The monoisotopic (exact) mass is 372 g/mol. The molecule has 1 fully saturated rings. The fourth-order valence-corrected chi connectivity index (χ4v) is 3.62. The van der Waals surface area contributed by atoms with Gasteiger partial charge in [-0.15, -0.1) is 0 Å². The molecule has 138 valence electrons. The van der Waals surface area contributed by atoms with Gasteiger partial charge in [0.1, 0.15) is 0 Å². The Morgan fingerprint density at radius 3 is 2.54 bits per heavy atom. The van der Waals surface area contributed by atoms with Crippen LogP contribution >= 0.6 is 0 Å². The van der Waals surface area contributed by atoms with Crippen LogP contribution < -0.4 is 10.2 Å². The highest BCUT2D eigenvalue weighted by Gasteiger charge is 2.11. The highest BCUT2D eigenvalue weighted by Crippen LogP contribution is 2.16. The number of anilines is 1. The molecule has 0 saturated carbocycles. The van der Waals surface area contributed by atoms with Crippen LogP contribution in [0.25, 0.3) is 0 Å². The first-order valence-electron chi connectivity index (χ1n) is 8.70. The number of nitrogens with one attached hydrogen (secondary N) is 1. The summed E-state index contributed by atoms with van der Waals surface area (Å²) in [6, 6.07) is 15.6. The number of benzene rings is 2. The molecule has 0 radical (unpaired) electrons. The van der Waals surface area contributed by atoms with Crippen LogP contribution in [0.5, 0.6) is 0 Å². The lowest BCUT2D eigenvalue weighted by atomic mass is 10.1. The average Bonchev–Trinajstić information content (AvgIpc) is 2.67. The van der Waals surface area contributed by atoms with E-state index in [4.69, 9.17) is 4.74 Å². The highest BCUT2D eigenvalue weighted by atomic mass is 32.2. The van der Waals surface area contributed by atoms with Crippen molar-refractivity contribution in [3.63, 3.8) is 0 Å². The largest absolute Gasteiger partial charge is 0.378 e. The summed E-state index contributed by atoms with van der Waals surface area (Å²) in [5.74, 6) is 0.343. The molecule has 1 saturated heterocycles. The molecule has 0 spiro atoms. The van der Waals surface area contributed by atoms with Crippen molar-refractivity contribution in [2.24, 2.45) is 0 Å². The molecule has 0 unspecified atom stereocenters. The number of rotatable bonds is 6. The maximum Gasteiger partial charge on any atom is 0.251 e. The number of nitrogens with zero attached hydrogens (tertiary/aromatic N) is 1. The molecular weight excluding hydrogens is 348 g/mol. The van der Waals surface area contributed by atoms with Crippen molar-refractivity contribution in [3.8, 4) is 0 Å². The second kappa shape index (κ2) is 8.96. The van der Waals surface area contributed by atoms with Crippen LogP contribution in [0.2, 0.25) is 0 Å². The third-order valence-corrected chi connectivity index (χ3v) is 5.06. The number of carbonyl (C=O) groups is 1. The maximum absolute atomic E-state index is 12.4. The normalized spacial score (nSPS) is 15.5. The molecule has 1 aliphatic heterocycles. The minimum Gasteiger partial charge on any atom is -0.378 e. The Balaban J connectivity index is 1.56. The zero-order valence-electron chi connectivity index (χ0n) is 14.9. The van der Waals surface area contributed by atoms with E-state index in [1.54, 1.807) is 18.4 Å². The number of morpholine rings is 1. The standard InChI is InChI=1S/C20H24N2O3S/c1-26(24)15-17-3-2-4-18(13-17)20(23)21-14-16-5-7-19(8-6-16)22-9-11-25-12-10-22/h2-8,13H,9-12,14-15H2,1H3,(H,21,23)/t26-/m1/s1. The maximum atomic E-state index is 12.4. The van der Waals surface area contributed by atoms with Gasteiger partial charge in [0.2, 0.25) is 0 Å². The van der Waals surface area contributed by atoms with E-state index in [1.807, 2.05) is 24.3 Å². The van der Waals surface area contributed by atoms with Crippen LogP contribution in [0.3, 0.4) is 0 Å². The molecule has 1 atom stereocenters. The molecular formula is C20H24N2O3S. The summed E-state index contributed by atoms with van der Waals surface area (Å²) in [6.45, 7) is 3.83. The summed E-state index contributed by atoms with van der Waals surface area (Å²) in [6.07, 6.45) is 1.66. The second-order valence-electron chi connectivity index (χ2n) is 6.37. The molecule has 26 heavy (non-hydrogen) atoms. The number of amides is 1. The van der Waals surface area contributed by atoms with Gasteiger partial charge >= 0.3 is 0 Å². The van der Waals surface area contributed by atoms with Gasteiger partial charge in [-0.2, -0.15) is 0 Å². The predicted molar refractivity (Wildman–Crippen MR) is 105 cm³/mol. The molecule has 5 nitrogen and oxygen atoms in total. The van der Waals surface area contributed by atoms with Crippen LogP contribution in [0.4, 0.5) is 5.69 Å². The van der Waals surface area contributed by atoms with Gasteiger partial charge in [-0.3, -0.25) is 9.00 Å². The summed E-state index contributed by atoms with van der Waals surface area (Å²) in [5, 5.41) is 2.95. The summed E-state index contributed by atoms with van der Waals surface area (Å²) in [4.78, 5) is 14.7. The van der Waals surface area contributed by atoms with E-state index in [-0.39, 0.29) is 5.91 Å². The summed E-state index contributed by atoms with van der Waals surface area (Å²) < 4.78 is 16.7. The Morgan fingerprint density at radius 1 is 1.12 bits per heavy atom. The fraction of sp³-hybridized carbons (Fsp3) is 0.350. The zero-order chi connectivity index (χ0) is 18.4. The minimum absolute atomic E-state index is 0.119. The van der Waals surface area contributed by atoms with Crippen LogP contribution in [-0.4, -0.2) is 42.7 Å². The van der Waals surface area contributed by atoms with Crippen molar-refractivity contribution in [1.82, 2.24) is 5.32 Å². The number of hydrogen-bond donors (Lipinski definition) is 1. The molecule has 0 aliphatic carbocycles. The summed E-state index contributed by atoms with van der Waals surface area (Å²) >= 11 is 0. The zero-order valence-corrected chi connectivity index (χ0v) is 15.8. The van der Waals surface area contributed by atoms with Gasteiger partial charge in [0, 0.05) is 53.7 Å². The molecule has 1 heterocycles. The van der Waals surface area contributed by atoms with Crippen molar-refractivity contribution >= 4 is 22.4 Å². The van der Waals surface area contributed by atoms with Gasteiger partial charge in [-0.1, -0.05) is 24.3 Å². The molecule has 2 aromatic carbocycles. The van der Waals surface area contributed by atoms with E-state index in [0.717, 1.165) is 37.4 Å². The van der Waals surface area contributed by atoms with Gasteiger partial charge in [-0.25, -0.2) is 0 Å². The van der Waals surface area contributed by atoms with E-state index in [2.05, 4.69) is 22.3 Å². The lowest BCUT2D eigenvalue weighted by Gasteiger charge is -2.28. The highest BCUT2D eigenvalue weighted by molar-refractivity contribution is 7.83. The molecule has 1 N–H and O–H groups in total. The molecule has 1 amide bonds. The number of hydrogen-bond acceptors (Lipinski definition) is 4. The molecule has 0 aromatic heterocycles. The predicted octanol–water partition coefficient (Wildman–Crippen LogP) is 2.33. The van der Waals surface area contributed by atoms with Gasteiger partial charge < -0.3 is 15.0 Å². The van der Waals surface area contributed by atoms with E-state index in [9.17, 15) is 9.00 Å². The summed E-state index contributed by atoms with van der Waals surface area (Å²) in [7, 11) is -0.920. The van der Waals surface area contributed by atoms with E-state index < -0.39 is 10.8 Å². The van der Waals surface area contributed by atoms with E-state index in [0.29, 0.717) is 17.9 Å². The van der Waals surface area contributed by atoms with E-state index >= 15 is 0 Å². The van der Waals surface area contributed by atoms with Crippen LogP contribution in [-0.2, 0) is 27.8 Å². The Bertz CT molecular complexity index is 771. The molecule has 3 rings (SSSR count). The topological polar surface area (TPSA) is 58.6 Å². The van der Waals surface area contributed by atoms with Crippen LogP contribution in [0.1, 0.15) is 21.5 Å². The fourth-order valence-electron chi connectivity index (χ4n) is 2.97. The van der Waals surface area contributed by atoms with E-state index in [1.165, 1.54) is 5.69 Å². The van der Waals surface area contributed by atoms with Gasteiger partial charge in [-0.05, 0) is 35.4 Å². The second-order valence-corrected chi connectivity index (χ2v) is 7.80. The first-order chi connectivity index (χ1) is 12.6. The average molecular weight is 372 g/mol. The Labute approximate surface area is 156 Å². The molecule has 6 heteroatoms.